The van der Waals surface area contributed by atoms with Crippen molar-refractivity contribution < 1.29 is 9.47 Å². The van der Waals surface area contributed by atoms with Crippen LogP contribution >= 0.6 is 11.6 Å². The van der Waals surface area contributed by atoms with Gasteiger partial charge in [-0.25, -0.2) is 9.97 Å². The first-order chi connectivity index (χ1) is 10.1. The highest BCUT2D eigenvalue weighted by atomic mass is 35.5. The van der Waals surface area contributed by atoms with Crippen LogP contribution in [-0.2, 0) is 16.0 Å². The molecule has 0 saturated heterocycles. The molecule has 0 bridgehead atoms. The average molecular weight is 312 g/mol. The molecule has 2 aromatic rings. The molecule has 0 aromatic carbocycles. The molecule has 0 fully saturated rings. The van der Waals surface area contributed by atoms with Crippen LogP contribution in [-0.4, -0.2) is 41.5 Å². The maximum absolute atomic E-state index is 6.24. The molecular formula is C15H22ClN3O2. The van der Waals surface area contributed by atoms with E-state index in [-0.39, 0.29) is 5.38 Å². The van der Waals surface area contributed by atoms with E-state index >= 15 is 0 Å². The van der Waals surface area contributed by atoms with Gasteiger partial charge in [-0.05, 0) is 31.9 Å². The summed E-state index contributed by atoms with van der Waals surface area (Å²) in [5.41, 5.74) is 2.89. The Labute approximate surface area is 130 Å². The van der Waals surface area contributed by atoms with Crippen LogP contribution in [0, 0.1) is 6.92 Å². The number of aryl methyl sites for hydroxylation is 2. The second kappa shape index (κ2) is 7.73. The first kappa shape index (κ1) is 16.2. The van der Waals surface area contributed by atoms with Gasteiger partial charge in [0.2, 0.25) is 0 Å². The van der Waals surface area contributed by atoms with Gasteiger partial charge < -0.3 is 14.0 Å². The number of imidazole rings is 1. The zero-order chi connectivity index (χ0) is 15.2. The molecule has 5 nitrogen and oxygen atoms in total. The third kappa shape index (κ3) is 4.15. The Hall–Kier alpha value is -1.17. The number of methoxy groups -OCH3 is 1. The van der Waals surface area contributed by atoms with E-state index in [1.165, 1.54) is 0 Å². The van der Waals surface area contributed by atoms with E-state index in [0.29, 0.717) is 19.8 Å². The fourth-order valence-electron chi connectivity index (χ4n) is 2.22. The topological polar surface area (TPSA) is 49.2 Å². The van der Waals surface area contributed by atoms with E-state index in [4.69, 9.17) is 21.1 Å². The van der Waals surface area contributed by atoms with Crippen LogP contribution in [0.2, 0.25) is 0 Å². The monoisotopic (exact) mass is 311 g/mol. The molecule has 2 rings (SSSR count). The average Bonchev–Trinajstić information content (AvgIpc) is 2.80. The zero-order valence-electron chi connectivity index (χ0n) is 12.8. The van der Waals surface area contributed by atoms with Crippen molar-refractivity contribution in [2.75, 3.05) is 26.9 Å². The number of pyridine rings is 1. The van der Waals surface area contributed by atoms with Gasteiger partial charge in [-0.2, -0.15) is 0 Å². The van der Waals surface area contributed by atoms with Gasteiger partial charge in [0.15, 0.2) is 5.65 Å². The highest BCUT2D eigenvalue weighted by Crippen LogP contribution is 2.24. The minimum Gasteiger partial charge on any atom is -0.382 e. The van der Waals surface area contributed by atoms with Gasteiger partial charge in [-0.3, -0.25) is 0 Å². The standard InChI is InChI=1S/C15H22ClN3O2/c1-11-9-13-15(17-10-11)19(14(18-13)12(2)16)5-4-6-21-8-7-20-3/h9-10,12H,4-8H2,1-3H3. The first-order valence-corrected chi connectivity index (χ1v) is 7.60. The number of hydrogen-bond donors (Lipinski definition) is 0. The second-order valence-corrected chi connectivity index (χ2v) is 5.71. The molecule has 0 N–H and O–H groups in total. The summed E-state index contributed by atoms with van der Waals surface area (Å²) in [5.74, 6) is 0.863. The molecule has 0 saturated carbocycles. The van der Waals surface area contributed by atoms with Crippen molar-refractivity contribution in [3.63, 3.8) is 0 Å². The molecule has 0 amide bonds. The molecule has 0 aliphatic carbocycles. The zero-order valence-corrected chi connectivity index (χ0v) is 13.6. The third-order valence-electron chi connectivity index (χ3n) is 3.21. The summed E-state index contributed by atoms with van der Waals surface area (Å²) >= 11 is 6.24. The molecule has 116 valence electrons. The second-order valence-electron chi connectivity index (χ2n) is 5.05. The number of alkyl halides is 1. The number of nitrogens with zero attached hydrogens (tertiary/aromatic N) is 3. The van der Waals surface area contributed by atoms with E-state index in [2.05, 4.69) is 14.5 Å². The van der Waals surface area contributed by atoms with Crippen LogP contribution < -0.4 is 0 Å². The van der Waals surface area contributed by atoms with Crippen molar-refractivity contribution in [2.45, 2.75) is 32.2 Å². The minimum atomic E-state index is -0.145. The highest BCUT2D eigenvalue weighted by molar-refractivity contribution is 6.20. The van der Waals surface area contributed by atoms with Gasteiger partial charge in [0, 0.05) is 26.5 Å². The van der Waals surface area contributed by atoms with Gasteiger partial charge in [0.25, 0.3) is 0 Å². The van der Waals surface area contributed by atoms with Gasteiger partial charge >= 0.3 is 0 Å². The molecule has 0 aliphatic heterocycles. The quantitative estimate of drug-likeness (QED) is 0.555. The van der Waals surface area contributed by atoms with Crippen LogP contribution in [0.15, 0.2) is 12.3 Å². The van der Waals surface area contributed by atoms with Gasteiger partial charge in [0.05, 0.1) is 18.6 Å². The van der Waals surface area contributed by atoms with Gasteiger partial charge in [-0.15, -0.1) is 11.6 Å². The Bertz CT molecular complexity index is 584. The minimum absolute atomic E-state index is 0.145. The largest absolute Gasteiger partial charge is 0.382 e. The number of fused-ring (bicyclic) bond motifs is 1. The molecule has 0 radical (unpaired) electrons. The lowest BCUT2D eigenvalue weighted by atomic mass is 10.3. The summed E-state index contributed by atoms with van der Waals surface area (Å²) in [6.45, 7) is 6.67. The molecule has 21 heavy (non-hydrogen) atoms. The normalized spacial score (nSPS) is 13.0. The van der Waals surface area contributed by atoms with Crippen LogP contribution in [0.4, 0.5) is 0 Å². The SMILES string of the molecule is COCCOCCCn1c(C(C)Cl)nc2cc(C)cnc21. The number of hydrogen-bond acceptors (Lipinski definition) is 4. The van der Waals surface area contributed by atoms with Crippen molar-refractivity contribution in [3.8, 4) is 0 Å². The summed E-state index contributed by atoms with van der Waals surface area (Å²) in [6.07, 6.45) is 2.75. The van der Waals surface area contributed by atoms with Crippen molar-refractivity contribution in [2.24, 2.45) is 0 Å². The van der Waals surface area contributed by atoms with Gasteiger partial charge in [-0.1, -0.05) is 0 Å². The Balaban J connectivity index is 2.08. The third-order valence-corrected chi connectivity index (χ3v) is 3.40. The molecule has 0 aliphatic rings. The predicted molar refractivity (Wildman–Crippen MR) is 83.8 cm³/mol. The van der Waals surface area contributed by atoms with E-state index in [1.807, 2.05) is 26.1 Å². The van der Waals surface area contributed by atoms with Crippen molar-refractivity contribution in [1.82, 2.24) is 14.5 Å². The Morgan fingerprint density at radius 3 is 2.86 bits per heavy atom. The fraction of sp³-hybridized carbons (Fsp3) is 0.600. The smallest absolute Gasteiger partial charge is 0.160 e. The molecule has 1 atom stereocenters. The number of aromatic nitrogens is 3. The summed E-state index contributed by atoms with van der Waals surface area (Å²) < 4.78 is 12.5. The van der Waals surface area contributed by atoms with E-state index in [1.54, 1.807) is 7.11 Å². The molecule has 2 heterocycles. The van der Waals surface area contributed by atoms with Crippen molar-refractivity contribution in [3.05, 3.63) is 23.7 Å². The van der Waals surface area contributed by atoms with E-state index in [0.717, 1.165) is 35.5 Å². The Kier molecular flexibility index (Phi) is 5.96. The Morgan fingerprint density at radius 2 is 2.14 bits per heavy atom. The lowest BCUT2D eigenvalue weighted by Gasteiger charge is -2.10. The lowest BCUT2D eigenvalue weighted by molar-refractivity contribution is 0.0680. The molecule has 2 aromatic heterocycles. The fourth-order valence-corrected chi connectivity index (χ4v) is 2.39. The van der Waals surface area contributed by atoms with Crippen LogP contribution in [0.3, 0.4) is 0 Å². The van der Waals surface area contributed by atoms with Crippen LogP contribution in [0.1, 0.15) is 30.1 Å². The number of rotatable bonds is 8. The van der Waals surface area contributed by atoms with Crippen molar-refractivity contribution >= 4 is 22.8 Å². The molecule has 0 spiro atoms. The van der Waals surface area contributed by atoms with Crippen LogP contribution in [0.5, 0.6) is 0 Å². The summed E-state index contributed by atoms with van der Waals surface area (Å²) in [6, 6.07) is 2.04. The van der Waals surface area contributed by atoms with Gasteiger partial charge in [0.1, 0.15) is 11.3 Å². The molecular weight excluding hydrogens is 290 g/mol. The maximum Gasteiger partial charge on any atom is 0.160 e. The maximum atomic E-state index is 6.24. The van der Waals surface area contributed by atoms with E-state index < -0.39 is 0 Å². The Morgan fingerprint density at radius 1 is 1.33 bits per heavy atom. The predicted octanol–water partition coefficient (Wildman–Crippen LogP) is 3.09. The highest BCUT2D eigenvalue weighted by Gasteiger charge is 2.15. The van der Waals surface area contributed by atoms with E-state index in [9.17, 15) is 0 Å². The first-order valence-electron chi connectivity index (χ1n) is 7.17. The molecule has 1 unspecified atom stereocenters. The summed E-state index contributed by atoms with van der Waals surface area (Å²) in [7, 11) is 1.67. The lowest BCUT2D eigenvalue weighted by Crippen LogP contribution is -2.09. The van der Waals surface area contributed by atoms with Crippen LogP contribution in [0.25, 0.3) is 11.2 Å². The molecule has 6 heteroatoms. The number of halogens is 1. The van der Waals surface area contributed by atoms with Crippen molar-refractivity contribution in [1.29, 1.82) is 0 Å². The summed E-state index contributed by atoms with van der Waals surface area (Å²) in [4.78, 5) is 9.10. The number of ether oxygens (including phenoxy) is 2. The summed E-state index contributed by atoms with van der Waals surface area (Å²) in [5, 5.41) is -0.145.